The molecule has 0 unspecified atom stereocenters. The van der Waals surface area contributed by atoms with Crippen LogP contribution in [0.5, 0.6) is 0 Å². The number of anilines is 6. The standard InChI is InChI=1S/C64H58BN3OS/c1-37-19-12-15-23-49(37)66(50-24-16-13-20-38(50)2)42-28-30-47-52(36-42)67(51-25-18-22-44-43-29-27-39(62(3,4)5)35-55(43)69-60(44)51)53-33-41(64(9,10)11)34-54-58(53)65(47)48-32-40(63(6,7)8)31-46-57-45-21-14-17-26-56(45)70-61(57)68(54)59(46)48/h12-36H,1-11H3. The van der Waals surface area contributed by atoms with E-state index in [0.717, 1.165) is 50.4 Å². The van der Waals surface area contributed by atoms with E-state index >= 15 is 0 Å². The topological polar surface area (TPSA) is 24.6 Å². The van der Waals surface area contributed by atoms with Gasteiger partial charge in [0.15, 0.2) is 5.58 Å². The molecule has 0 aliphatic carbocycles. The number of benzene rings is 8. The van der Waals surface area contributed by atoms with Crippen molar-refractivity contribution >= 4 is 122 Å². The summed E-state index contributed by atoms with van der Waals surface area (Å²) in [6, 6.07) is 57.6. The third-order valence-electron chi connectivity index (χ3n) is 15.5. The largest absolute Gasteiger partial charge is 0.454 e. The van der Waals surface area contributed by atoms with Crippen molar-refractivity contribution in [1.29, 1.82) is 0 Å². The first kappa shape index (κ1) is 43.0. The maximum Gasteiger partial charge on any atom is 0.252 e. The van der Waals surface area contributed by atoms with Gasteiger partial charge in [-0.25, -0.2) is 0 Å². The Morgan fingerprint density at radius 3 is 1.84 bits per heavy atom. The Labute approximate surface area is 415 Å². The second-order valence-corrected chi connectivity index (χ2v) is 24.2. The van der Waals surface area contributed by atoms with Gasteiger partial charge < -0.3 is 18.8 Å². The molecule has 8 aromatic carbocycles. The molecule has 0 saturated heterocycles. The van der Waals surface area contributed by atoms with Crippen molar-refractivity contribution < 1.29 is 4.42 Å². The van der Waals surface area contributed by atoms with Gasteiger partial charge in [-0.05, 0) is 135 Å². The summed E-state index contributed by atoms with van der Waals surface area (Å²) in [5.74, 6) is 0. The Balaban J connectivity index is 1.19. The number of hydrogen-bond donors (Lipinski definition) is 0. The molecule has 0 radical (unpaired) electrons. The Morgan fingerprint density at radius 1 is 0.500 bits per heavy atom. The van der Waals surface area contributed by atoms with Gasteiger partial charge >= 0.3 is 0 Å². The zero-order valence-electron chi connectivity index (χ0n) is 42.2. The van der Waals surface area contributed by atoms with E-state index in [2.05, 4.69) is 242 Å². The number of rotatable bonds is 4. The van der Waals surface area contributed by atoms with E-state index in [4.69, 9.17) is 4.42 Å². The monoisotopic (exact) mass is 927 g/mol. The van der Waals surface area contributed by atoms with Crippen molar-refractivity contribution in [1.82, 2.24) is 4.57 Å². The van der Waals surface area contributed by atoms with Gasteiger partial charge in [-0.3, -0.25) is 0 Å². The first-order valence-corrected chi connectivity index (χ1v) is 25.8. The number of hydrogen-bond acceptors (Lipinski definition) is 4. The summed E-state index contributed by atoms with van der Waals surface area (Å²) in [7, 11) is 0. The van der Waals surface area contributed by atoms with E-state index in [9.17, 15) is 0 Å². The molecule has 2 aliphatic heterocycles. The molecule has 0 atom stereocenters. The highest BCUT2D eigenvalue weighted by Crippen LogP contribution is 2.51. The lowest BCUT2D eigenvalue weighted by molar-refractivity contribution is 0.587. The van der Waals surface area contributed by atoms with E-state index in [-0.39, 0.29) is 23.0 Å². The zero-order valence-corrected chi connectivity index (χ0v) is 43.0. The number of nitrogens with zero attached hydrogens (tertiary/aromatic N) is 3. The van der Waals surface area contributed by atoms with Crippen LogP contribution >= 0.6 is 11.3 Å². The Kier molecular flexibility index (Phi) is 9.07. The van der Waals surface area contributed by atoms with Crippen LogP contribution in [-0.4, -0.2) is 11.3 Å². The summed E-state index contributed by atoms with van der Waals surface area (Å²) < 4.78 is 11.2. The normalized spacial score (nSPS) is 13.6. The van der Waals surface area contributed by atoms with Crippen LogP contribution in [0.15, 0.2) is 156 Å². The lowest BCUT2D eigenvalue weighted by atomic mass is 9.33. The van der Waals surface area contributed by atoms with E-state index in [1.807, 2.05) is 11.3 Å². The van der Waals surface area contributed by atoms with Crippen LogP contribution < -0.4 is 26.2 Å². The number of furan rings is 1. The molecule has 0 saturated carbocycles. The highest BCUT2D eigenvalue weighted by molar-refractivity contribution is 7.26. The minimum Gasteiger partial charge on any atom is -0.454 e. The second kappa shape index (κ2) is 14.8. The molecule has 0 fully saturated rings. The molecule has 11 aromatic rings. The molecule has 344 valence electrons. The lowest BCUT2D eigenvalue weighted by Crippen LogP contribution is -2.60. The molecule has 0 amide bonds. The first-order valence-electron chi connectivity index (χ1n) is 25.0. The summed E-state index contributed by atoms with van der Waals surface area (Å²) in [4.78, 5) is 6.35. The SMILES string of the molecule is Cc1ccccc1N(c1ccc2c(c1)N(c1cccc3c1oc1cc(C(C)(C)C)ccc13)c1cc(C(C)(C)C)cc3c1B2c1cc(C(C)(C)C)cc2c4c5ccccc5sc4n-3c12)c1ccccc1C. The minimum absolute atomic E-state index is 0.0212. The summed E-state index contributed by atoms with van der Waals surface area (Å²) in [5, 5.41) is 6.29. The fraction of sp³-hybridized carbons (Fsp3) is 0.219. The maximum absolute atomic E-state index is 7.22. The van der Waals surface area contributed by atoms with Crippen LogP contribution in [0, 0.1) is 13.8 Å². The van der Waals surface area contributed by atoms with Gasteiger partial charge in [0.1, 0.15) is 10.4 Å². The third-order valence-corrected chi connectivity index (χ3v) is 16.6. The van der Waals surface area contributed by atoms with Crippen molar-refractivity contribution in [3.63, 3.8) is 0 Å². The van der Waals surface area contributed by atoms with E-state index in [0.29, 0.717) is 0 Å². The molecule has 4 nitrogen and oxygen atoms in total. The summed E-state index contributed by atoms with van der Waals surface area (Å²) in [6.45, 7) is 25.4. The lowest BCUT2D eigenvalue weighted by Gasteiger charge is -2.42. The van der Waals surface area contributed by atoms with E-state index in [1.54, 1.807) is 0 Å². The molecular formula is C64H58BN3OS. The number of aromatic nitrogens is 1. The molecule has 2 aliphatic rings. The molecule has 0 spiro atoms. The van der Waals surface area contributed by atoms with Crippen LogP contribution in [-0.2, 0) is 16.2 Å². The number of fused-ring (bicyclic) bond motifs is 12. The van der Waals surface area contributed by atoms with Crippen LogP contribution in [0.3, 0.4) is 0 Å². The third kappa shape index (κ3) is 6.21. The van der Waals surface area contributed by atoms with Crippen LogP contribution in [0.1, 0.15) is 90.1 Å². The van der Waals surface area contributed by atoms with Gasteiger partial charge in [0.25, 0.3) is 6.71 Å². The minimum atomic E-state index is -0.155. The van der Waals surface area contributed by atoms with Gasteiger partial charge in [0.2, 0.25) is 0 Å². The Bertz CT molecular complexity index is 3970. The smallest absolute Gasteiger partial charge is 0.252 e. The fourth-order valence-electron chi connectivity index (χ4n) is 11.7. The van der Waals surface area contributed by atoms with Gasteiger partial charge in [-0.15, -0.1) is 11.3 Å². The molecule has 13 rings (SSSR count). The Morgan fingerprint density at radius 2 is 1.14 bits per heavy atom. The van der Waals surface area contributed by atoms with Crippen molar-refractivity contribution in [2.24, 2.45) is 0 Å². The fourth-order valence-corrected chi connectivity index (χ4v) is 12.9. The van der Waals surface area contributed by atoms with Gasteiger partial charge in [-0.1, -0.05) is 153 Å². The molecule has 0 bridgehead atoms. The average molecular weight is 928 g/mol. The molecule has 3 aromatic heterocycles. The quantitative estimate of drug-likeness (QED) is 0.164. The average Bonchev–Trinajstić information content (AvgIpc) is 4.00. The van der Waals surface area contributed by atoms with Crippen molar-refractivity contribution in [3.8, 4) is 5.69 Å². The van der Waals surface area contributed by atoms with Crippen LogP contribution in [0.25, 0.3) is 58.8 Å². The molecular weight excluding hydrogens is 870 g/mol. The highest BCUT2D eigenvalue weighted by atomic mass is 32.1. The van der Waals surface area contributed by atoms with Gasteiger partial charge in [0, 0.05) is 65.8 Å². The Hall–Kier alpha value is -7.02. The molecule has 70 heavy (non-hydrogen) atoms. The molecule has 0 N–H and O–H groups in total. The number of thiophene rings is 1. The van der Waals surface area contributed by atoms with Crippen molar-refractivity contribution in [2.75, 3.05) is 9.80 Å². The summed E-state index contributed by atoms with van der Waals surface area (Å²) in [6.07, 6.45) is 0. The number of aryl methyl sites for hydroxylation is 2. The van der Waals surface area contributed by atoms with Crippen LogP contribution in [0.2, 0.25) is 0 Å². The summed E-state index contributed by atoms with van der Waals surface area (Å²) >= 11 is 1.93. The highest BCUT2D eigenvalue weighted by Gasteiger charge is 2.45. The van der Waals surface area contributed by atoms with E-state index < -0.39 is 0 Å². The van der Waals surface area contributed by atoms with Crippen molar-refractivity contribution in [2.45, 2.75) is 92.4 Å². The predicted octanol–water partition coefficient (Wildman–Crippen LogP) is 16.5. The maximum atomic E-state index is 7.22. The van der Waals surface area contributed by atoms with E-state index in [1.165, 1.54) is 86.8 Å². The zero-order chi connectivity index (χ0) is 48.3. The summed E-state index contributed by atoms with van der Waals surface area (Å²) in [5.41, 5.74) is 21.3. The molecule has 6 heteroatoms. The first-order chi connectivity index (χ1) is 33.5. The van der Waals surface area contributed by atoms with Crippen molar-refractivity contribution in [3.05, 3.63) is 179 Å². The number of para-hydroxylation sites is 3. The van der Waals surface area contributed by atoms with Crippen LogP contribution in [0.4, 0.5) is 34.1 Å². The predicted molar refractivity (Wildman–Crippen MR) is 303 cm³/mol. The molecule has 5 heterocycles. The second-order valence-electron chi connectivity index (χ2n) is 23.1. The van der Waals surface area contributed by atoms with Gasteiger partial charge in [0.05, 0.1) is 11.2 Å². The van der Waals surface area contributed by atoms with Gasteiger partial charge in [-0.2, -0.15) is 0 Å².